The molecule has 0 amide bonds. The van der Waals surface area contributed by atoms with Gasteiger partial charge >= 0.3 is 7.12 Å². The van der Waals surface area contributed by atoms with Gasteiger partial charge < -0.3 is 14.0 Å². The summed E-state index contributed by atoms with van der Waals surface area (Å²) in [6.45, 7) is 13.9. The molecule has 0 bridgehead atoms. The van der Waals surface area contributed by atoms with E-state index in [0.29, 0.717) is 6.04 Å². The number of nitrogens with zero attached hydrogens (tertiary/aromatic N) is 3. The highest BCUT2D eigenvalue weighted by Gasteiger charge is 2.52. The topological polar surface area (TPSA) is 48.8 Å². The number of likely N-dealkylation sites (N-methyl/N-ethyl adjacent to an activating group) is 1. The summed E-state index contributed by atoms with van der Waals surface area (Å²) in [6, 6.07) is 0.316. The summed E-state index contributed by atoms with van der Waals surface area (Å²) in [7, 11) is 1.73. The van der Waals surface area contributed by atoms with Crippen LogP contribution in [0.3, 0.4) is 0 Å². The molecule has 0 aromatic carbocycles. The first-order chi connectivity index (χ1) is 10.5. The van der Waals surface area contributed by atoms with E-state index in [2.05, 4.69) is 58.6 Å². The molecule has 1 aromatic rings. The Morgan fingerprint density at radius 1 is 1.17 bits per heavy atom. The van der Waals surface area contributed by atoms with E-state index >= 15 is 0 Å². The Kier molecular flexibility index (Phi) is 3.91. The van der Waals surface area contributed by atoms with Crippen LogP contribution in [-0.4, -0.2) is 58.4 Å². The first kappa shape index (κ1) is 17.0. The molecule has 3 heterocycles. The fraction of sp³-hybridized carbons (Fsp3) is 0.812. The van der Waals surface area contributed by atoms with Crippen LogP contribution in [0.4, 0.5) is 0 Å². The van der Waals surface area contributed by atoms with Crippen LogP contribution in [0.15, 0.2) is 12.4 Å². The highest BCUT2D eigenvalue weighted by molar-refractivity contribution is 6.61. The van der Waals surface area contributed by atoms with Crippen LogP contribution in [0.1, 0.15) is 41.5 Å². The Morgan fingerprint density at radius 3 is 2.30 bits per heavy atom. The quantitative estimate of drug-likeness (QED) is 0.784. The van der Waals surface area contributed by atoms with Crippen molar-refractivity contribution < 1.29 is 14.0 Å². The van der Waals surface area contributed by atoms with Crippen LogP contribution in [0.25, 0.3) is 0 Å². The Hall–Kier alpha value is -0.885. The van der Waals surface area contributed by atoms with E-state index in [0.717, 1.165) is 18.6 Å². The molecule has 3 rings (SSSR count). The second kappa shape index (κ2) is 5.31. The van der Waals surface area contributed by atoms with Gasteiger partial charge in [-0.2, -0.15) is 5.10 Å². The third-order valence-electron chi connectivity index (χ3n) is 5.60. The summed E-state index contributed by atoms with van der Waals surface area (Å²) in [5.74, 6) is 0. The molecular formula is C16H28BN3O3. The molecule has 0 radical (unpaired) electrons. The summed E-state index contributed by atoms with van der Waals surface area (Å²) < 4.78 is 19.9. The summed E-state index contributed by atoms with van der Waals surface area (Å²) in [6.07, 6.45) is 3.85. The van der Waals surface area contributed by atoms with Gasteiger partial charge in [0, 0.05) is 17.9 Å². The van der Waals surface area contributed by atoms with Crippen molar-refractivity contribution in [2.75, 3.05) is 13.7 Å². The molecule has 2 aliphatic heterocycles. The maximum absolute atomic E-state index is 6.08. The molecule has 0 N–H and O–H groups in total. The third kappa shape index (κ3) is 2.95. The molecule has 1 aromatic heterocycles. The highest BCUT2D eigenvalue weighted by atomic mass is 16.7. The number of ether oxygens (including phenoxy) is 1. The first-order valence-electron chi connectivity index (χ1n) is 8.27. The molecular weight excluding hydrogens is 293 g/mol. The second-order valence-corrected chi connectivity index (χ2v) is 8.11. The van der Waals surface area contributed by atoms with Gasteiger partial charge in [-0.3, -0.25) is 9.58 Å². The van der Waals surface area contributed by atoms with E-state index in [9.17, 15) is 0 Å². The zero-order chi connectivity index (χ0) is 17.0. The number of hydrogen-bond donors (Lipinski definition) is 0. The van der Waals surface area contributed by atoms with Crippen LogP contribution in [0.5, 0.6) is 0 Å². The first-order valence-corrected chi connectivity index (χ1v) is 8.27. The summed E-state index contributed by atoms with van der Waals surface area (Å²) in [5, 5.41) is 4.48. The molecule has 0 spiro atoms. The van der Waals surface area contributed by atoms with Gasteiger partial charge in [0.1, 0.15) is 5.72 Å². The zero-order valence-electron chi connectivity index (χ0n) is 15.3. The van der Waals surface area contributed by atoms with Gasteiger partial charge in [-0.25, -0.2) is 0 Å². The average molecular weight is 321 g/mol. The molecule has 128 valence electrons. The summed E-state index contributed by atoms with van der Waals surface area (Å²) in [4.78, 5) is 2.25. The Balaban J connectivity index is 1.68. The van der Waals surface area contributed by atoms with Gasteiger partial charge in [0.05, 0.1) is 30.4 Å². The Morgan fingerprint density at radius 2 is 1.78 bits per heavy atom. The fourth-order valence-electron chi connectivity index (χ4n) is 2.92. The van der Waals surface area contributed by atoms with Gasteiger partial charge in [0.25, 0.3) is 0 Å². The molecule has 2 saturated heterocycles. The number of hydrogen-bond acceptors (Lipinski definition) is 5. The van der Waals surface area contributed by atoms with Crippen molar-refractivity contribution in [2.24, 2.45) is 0 Å². The average Bonchev–Trinajstić information content (AvgIpc) is 3.03. The molecule has 1 atom stereocenters. The van der Waals surface area contributed by atoms with Crippen LogP contribution in [0.2, 0.25) is 0 Å². The standard InChI is InChI=1S/C16H28BN3O3/c1-14(2)15(3,4)23-17(22-14)12-8-18-20(9-12)10-13-11-21-16(5,6)19(13)7/h8-9,13H,10-11H2,1-7H3/t13-/m0/s1. The lowest BCUT2D eigenvalue weighted by Crippen LogP contribution is -2.42. The van der Waals surface area contributed by atoms with E-state index in [1.165, 1.54) is 0 Å². The van der Waals surface area contributed by atoms with Gasteiger partial charge in [-0.15, -0.1) is 0 Å². The van der Waals surface area contributed by atoms with Crippen LogP contribution < -0.4 is 5.46 Å². The summed E-state index contributed by atoms with van der Waals surface area (Å²) >= 11 is 0. The lowest BCUT2D eigenvalue weighted by Gasteiger charge is -2.32. The maximum Gasteiger partial charge on any atom is 0.498 e. The van der Waals surface area contributed by atoms with Crippen molar-refractivity contribution in [3.8, 4) is 0 Å². The lowest BCUT2D eigenvalue weighted by molar-refractivity contribution is -0.0417. The van der Waals surface area contributed by atoms with Gasteiger partial charge in [0.15, 0.2) is 0 Å². The highest BCUT2D eigenvalue weighted by Crippen LogP contribution is 2.36. The van der Waals surface area contributed by atoms with Crippen molar-refractivity contribution in [3.63, 3.8) is 0 Å². The zero-order valence-corrected chi connectivity index (χ0v) is 15.3. The van der Waals surface area contributed by atoms with Gasteiger partial charge in [0.2, 0.25) is 0 Å². The van der Waals surface area contributed by atoms with Crippen molar-refractivity contribution in [3.05, 3.63) is 12.4 Å². The number of aromatic nitrogens is 2. The van der Waals surface area contributed by atoms with E-state index in [4.69, 9.17) is 14.0 Å². The molecule has 23 heavy (non-hydrogen) atoms. The molecule has 2 fully saturated rings. The normalized spacial score (nSPS) is 29.3. The van der Waals surface area contributed by atoms with E-state index in [1.807, 2.05) is 17.1 Å². The Bertz CT molecular complexity index is 569. The van der Waals surface area contributed by atoms with Gasteiger partial charge in [-0.05, 0) is 48.6 Å². The van der Waals surface area contributed by atoms with Crippen LogP contribution >= 0.6 is 0 Å². The Labute approximate surface area is 139 Å². The minimum atomic E-state index is -0.359. The van der Waals surface area contributed by atoms with Gasteiger partial charge in [-0.1, -0.05) is 0 Å². The maximum atomic E-state index is 6.08. The third-order valence-corrected chi connectivity index (χ3v) is 5.60. The minimum absolute atomic E-state index is 0.216. The second-order valence-electron chi connectivity index (χ2n) is 8.11. The largest absolute Gasteiger partial charge is 0.498 e. The van der Waals surface area contributed by atoms with Crippen molar-refractivity contribution in [2.45, 2.75) is 71.1 Å². The van der Waals surface area contributed by atoms with Crippen LogP contribution in [0, 0.1) is 0 Å². The molecule has 0 aliphatic carbocycles. The van der Waals surface area contributed by atoms with E-state index in [1.54, 1.807) is 0 Å². The minimum Gasteiger partial charge on any atom is -0.399 e. The fourth-order valence-corrected chi connectivity index (χ4v) is 2.92. The predicted octanol–water partition coefficient (Wildman–Crippen LogP) is 1.25. The van der Waals surface area contributed by atoms with E-state index < -0.39 is 0 Å². The van der Waals surface area contributed by atoms with Crippen molar-refractivity contribution >= 4 is 12.6 Å². The van der Waals surface area contributed by atoms with Crippen molar-refractivity contribution in [1.82, 2.24) is 14.7 Å². The monoisotopic (exact) mass is 321 g/mol. The molecule has 0 unspecified atom stereocenters. The van der Waals surface area contributed by atoms with E-state index in [-0.39, 0.29) is 24.0 Å². The number of rotatable bonds is 3. The molecule has 0 saturated carbocycles. The summed E-state index contributed by atoms with van der Waals surface area (Å²) in [5.41, 5.74) is 0.0865. The van der Waals surface area contributed by atoms with Crippen LogP contribution in [-0.2, 0) is 20.6 Å². The smallest absolute Gasteiger partial charge is 0.399 e. The SMILES string of the molecule is CN1[C@@H](Cn2cc(B3OC(C)(C)C(C)(C)O3)cn2)COC1(C)C. The lowest BCUT2D eigenvalue weighted by atomic mass is 9.82. The molecule has 6 nitrogen and oxygen atoms in total. The molecule has 2 aliphatic rings. The predicted molar refractivity (Wildman–Crippen MR) is 89.5 cm³/mol. The molecule has 7 heteroatoms. The van der Waals surface area contributed by atoms with Crippen molar-refractivity contribution in [1.29, 1.82) is 0 Å².